The van der Waals surface area contributed by atoms with Gasteiger partial charge >= 0.3 is 5.97 Å². The number of thiophene rings is 1. The third kappa shape index (κ3) is 2.51. The predicted octanol–water partition coefficient (Wildman–Crippen LogP) is 2.13. The Labute approximate surface area is 125 Å². The first-order chi connectivity index (χ1) is 10.1. The molecule has 2 heterocycles. The summed E-state index contributed by atoms with van der Waals surface area (Å²) in [4.78, 5) is 37.4. The number of amides is 2. The molecule has 2 unspecified atom stereocenters. The minimum absolute atomic E-state index is 0.0657. The average molecular weight is 305 g/mol. The second kappa shape index (κ2) is 5.44. The quantitative estimate of drug-likeness (QED) is 0.683. The molecule has 1 saturated carbocycles. The molecule has 1 aliphatic carbocycles. The van der Waals surface area contributed by atoms with E-state index in [-0.39, 0.29) is 30.2 Å². The number of carboxylic acids is 1. The van der Waals surface area contributed by atoms with Gasteiger partial charge in [-0.15, -0.1) is 11.3 Å². The molecule has 2 fully saturated rings. The number of carboxylic acid groups (broad SMARTS) is 1. The highest BCUT2D eigenvalue weighted by Crippen LogP contribution is 2.40. The van der Waals surface area contributed by atoms with Crippen molar-refractivity contribution in [3.05, 3.63) is 28.0 Å². The molecule has 0 bridgehead atoms. The highest BCUT2D eigenvalue weighted by Gasteiger charge is 2.49. The molecule has 21 heavy (non-hydrogen) atoms. The topological polar surface area (TPSA) is 74.7 Å². The summed E-state index contributed by atoms with van der Waals surface area (Å²) in [7, 11) is 0. The summed E-state index contributed by atoms with van der Waals surface area (Å²) < 4.78 is 0. The highest BCUT2D eigenvalue weighted by molar-refractivity contribution is 7.10. The largest absolute Gasteiger partial charge is 0.478 e. The van der Waals surface area contributed by atoms with Crippen molar-refractivity contribution in [1.29, 1.82) is 0 Å². The lowest BCUT2D eigenvalue weighted by molar-refractivity contribution is -0.141. The Hall–Kier alpha value is -1.95. The molecule has 0 spiro atoms. The fourth-order valence-electron chi connectivity index (χ4n) is 3.15. The average Bonchev–Trinajstić information content (AvgIpc) is 3.13. The maximum atomic E-state index is 12.3. The Morgan fingerprint density at radius 2 is 2.00 bits per heavy atom. The van der Waals surface area contributed by atoms with Crippen molar-refractivity contribution in [3.63, 3.8) is 0 Å². The standard InChI is InChI=1S/C15H15NO4S/c17-13(18)5-4-9-6-7-21-12(9)8-16-14(19)10-2-1-3-11(10)15(16)20/h4-7,10-11H,1-3,8H2,(H,17,18)/b5-4+. The number of imide groups is 1. The Morgan fingerprint density at radius 1 is 1.33 bits per heavy atom. The summed E-state index contributed by atoms with van der Waals surface area (Å²) in [6.45, 7) is 0.252. The van der Waals surface area contributed by atoms with Crippen LogP contribution in [0.1, 0.15) is 29.7 Å². The first-order valence-electron chi connectivity index (χ1n) is 6.90. The normalized spacial score (nSPS) is 25.0. The molecule has 1 N–H and O–H groups in total. The van der Waals surface area contributed by atoms with Crippen molar-refractivity contribution in [2.45, 2.75) is 25.8 Å². The predicted molar refractivity (Wildman–Crippen MR) is 77.4 cm³/mol. The number of carbonyl (C=O) groups excluding carboxylic acids is 2. The second-order valence-corrected chi connectivity index (χ2v) is 6.38. The van der Waals surface area contributed by atoms with E-state index in [4.69, 9.17) is 5.11 Å². The Bertz CT molecular complexity index is 611. The SMILES string of the molecule is O=C(O)/C=C/c1ccsc1CN1C(=O)C2CCCC2C1=O. The van der Waals surface area contributed by atoms with Gasteiger partial charge in [0.25, 0.3) is 0 Å². The maximum Gasteiger partial charge on any atom is 0.328 e. The zero-order valence-corrected chi connectivity index (χ0v) is 12.1. The number of nitrogens with zero attached hydrogens (tertiary/aromatic N) is 1. The zero-order chi connectivity index (χ0) is 15.0. The third-order valence-electron chi connectivity index (χ3n) is 4.17. The molecule has 6 heteroatoms. The van der Waals surface area contributed by atoms with E-state index < -0.39 is 5.97 Å². The molecule has 1 aromatic rings. The van der Waals surface area contributed by atoms with Crippen molar-refractivity contribution in [3.8, 4) is 0 Å². The van der Waals surface area contributed by atoms with Gasteiger partial charge < -0.3 is 5.11 Å². The van der Waals surface area contributed by atoms with Crippen molar-refractivity contribution in [1.82, 2.24) is 4.90 Å². The van der Waals surface area contributed by atoms with E-state index in [9.17, 15) is 14.4 Å². The van der Waals surface area contributed by atoms with E-state index in [1.54, 1.807) is 6.07 Å². The first kappa shape index (κ1) is 14.0. The number of hydrogen-bond donors (Lipinski definition) is 1. The van der Waals surface area contributed by atoms with Crippen LogP contribution in [0, 0.1) is 11.8 Å². The van der Waals surface area contributed by atoms with Gasteiger partial charge in [0.05, 0.1) is 18.4 Å². The molecule has 110 valence electrons. The van der Waals surface area contributed by atoms with Crippen molar-refractivity contribution < 1.29 is 19.5 Å². The molecule has 0 aromatic carbocycles. The van der Waals surface area contributed by atoms with E-state index in [0.29, 0.717) is 0 Å². The molecule has 5 nitrogen and oxygen atoms in total. The molecule has 1 saturated heterocycles. The monoisotopic (exact) mass is 305 g/mol. The summed E-state index contributed by atoms with van der Waals surface area (Å²) in [5.41, 5.74) is 0.750. The molecule has 1 aliphatic heterocycles. The van der Waals surface area contributed by atoms with E-state index in [1.165, 1.54) is 22.3 Å². The lowest BCUT2D eigenvalue weighted by atomic mass is 10.00. The van der Waals surface area contributed by atoms with Gasteiger partial charge in [0.1, 0.15) is 0 Å². The molecule has 2 atom stereocenters. The lowest BCUT2D eigenvalue weighted by Crippen LogP contribution is -2.31. The van der Waals surface area contributed by atoms with Crippen LogP contribution in [0.5, 0.6) is 0 Å². The van der Waals surface area contributed by atoms with Crippen LogP contribution in [-0.4, -0.2) is 27.8 Å². The Morgan fingerprint density at radius 3 is 2.62 bits per heavy atom. The maximum absolute atomic E-state index is 12.3. The third-order valence-corrected chi connectivity index (χ3v) is 5.09. The Kier molecular flexibility index (Phi) is 3.63. The van der Waals surface area contributed by atoms with Crippen LogP contribution in [0.4, 0.5) is 0 Å². The van der Waals surface area contributed by atoms with Gasteiger partial charge in [-0.2, -0.15) is 0 Å². The van der Waals surface area contributed by atoms with Crippen LogP contribution in [0.15, 0.2) is 17.5 Å². The van der Waals surface area contributed by atoms with Gasteiger partial charge in [-0.05, 0) is 35.9 Å². The Balaban J connectivity index is 1.79. The molecule has 3 rings (SSSR count). The molecular formula is C15H15NO4S. The summed E-state index contributed by atoms with van der Waals surface area (Å²) in [5.74, 6) is -1.41. The summed E-state index contributed by atoms with van der Waals surface area (Å²) >= 11 is 1.43. The molecule has 0 radical (unpaired) electrons. The van der Waals surface area contributed by atoms with Crippen molar-refractivity contribution in [2.75, 3.05) is 0 Å². The minimum Gasteiger partial charge on any atom is -0.478 e. The summed E-state index contributed by atoms with van der Waals surface area (Å²) in [5, 5.41) is 10.5. The van der Waals surface area contributed by atoms with Crippen LogP contribution >= 0.6 is 11.3 Å². The van der Waals surface area contributed by atoms with Gasteiger partial charge in [-0.25, -0.2) is 4.79 Å². The van der Waals surface area contributed by atoms with Crippen LogP contribution < -0.4 is 0 Å². The van der Waals surface area contributed by atoms with Gasteiger partial charge in [0.15, 0.2) is 0 Å². The number of carbonyl (C=O) groups is 3. The van der Waals surface area contributed by atoms with Gasteiger partial charge in [0, 0.05) is 11.0 Å². The molecule has 1 aromatic heterocycles. The van der Waals surface area contributed by atoms with E-state index >= 15 is 0 Å². The van der Waals surface area contributed by atoms with Crippen LogP contribution in [0.3, 0.4) is 0 Å². The summed E-state index contributed by atoms with van der Waals surface area (Å²) in [6, 6.07) is 1.80. The van der Waals surface area contributed by atoms with Gasteiger partial charge in [-0.1, -0.05) is 6.42 Å². The highest BCUT2D eigenvalue weighted by atomic mass is 32.1. The van der Waals surface area contributed by atoms with E-state index in [1.807, 2.05) is 5.38 Å². The zero-order valence-electron chi connectivity index (χ0n) is 11.3. The second-order valence-electron chi connectivity index (χ2n) is 5.38. The van der Waals surface area contributed by atoms with Crippen LogP contribution in [-0.2, 0) is 20.9 Å². The minimum atomic E-state index is -1.02. The van der Waals surface area contributed by atoms with Gasteiger partial charge in [0.2, 0.25) is 11.8 Å². The number of aliphatic carboxylic acids is 1. The fraction of sp³-hybridized carbons (Fsp3) is 0.400. The van der Waals surface area contributed by atoms with Crippen molar-refractivity contribution >= 4 is 35.2 Å². The number of likely N-dealkylation sites (tertiary alicyclic amines) is 1. The van der Waals surface area contributed by atoms with Crippen LogP contribution in [0.2, 0.25) is 0 Å². The molecular weight excluding hydrogens is 290 g/mol. The first-order valence-corrected chi connectivity index (χ1v) is 7.78. The fourth-order valence-corrected chi connectivity index (χ4v) is 4.00. The van der Waals surface area contributed by atoms with Crippen LogP contribution in [0.25, 0.3) is 6.08 Å². The van der Waals surface area contributed by atoms with E-state index in [2.05, 4.69) is 0 Å². The van der Waals surface area contributed by atoms with E-state index in [0.717, 1.165) is 35.8 Å². The molecule has 2 aliphatic rings. The number of rotatable bonds is 4. The van der Waals surface area contributed by atoms with Crippen molar-refractivity contribution in [2.24, 2.45) is 11.8 Å². The smallest absolute Gasteiger partial charge is 0.328 e. The number of fused-ring (bicyclic) bond motifs is 1. The summed E-state index contributed by atoms with van der Waals surface area (Å²) in [6.07, 6.45) is 5.13. The molecule has 2 amide bonds. The van der Waals surface area contributed by atoms with Gasteiger partial charge in [-0.3, -0.25) is 14.5 Å². The lowest BCUT2D eigenvalue weighted by Gasteiger charge is -2.15. The number of hydrogen-bond acceptors (Lipinski definition) is 4.